The van der Waals surface area contributed by atoms with Crippen molar-refractivity contribution in [3.8, 4) is 0 Å². The van der Waals surface area contributed by atoms with Gasteiger partial charge >= 0.3 is 139 Å². The molecule has 2 rings (SSSR count). The van der Waals surface area contributed by atoms with Crippen LogP contribution in [0.2, 0.25) is 0 Å². The van der Waals surface area contributed by atoms with Crippen LogP contribution < -0.4 is 24.8 Å². The molecule has 0 N–H and O–H groups in total. The topological polar surface area (TPSA) is 9.23 Å². The maximum Gasteiger partial charge on any atom is -1.00 e. The Kier molecular flexibility index (Phi) is 9.39. The van der Waals surface area contributed by atoms with Crippen LogP contribution in [0.4, 0.5) is 0 Å². The molecule has 0 heterocycles. The molecule has 0 aromatic carbocycles. The Hall–Kier alpha value is 0.564. The maximum atomic E-state index is 6.30. The third kappa shape index (κ3) is 5.03. The van der Waals surface area contributed by atoms with E-state index in [9.17, 15) is 0 Å². The SMILES string of the molecule is CCOC1(SC2=[C]([Ti+2])CC=C2)CC=CC=C1C(C)(C)C.[Cl-].[Cl-]. The molecular formula is C17H23Cl2OSTi. The summed E-state index contributed by atoms with van der Waals surface area (Å²) in [6, 6.07) is 0. The Labute approximate surface area is 163 Å². The van der Waals surface area contributed by atoms with Crippen LogP contribution in [0.1, 0.15) is 40.5 Å². The molecule has 0 aliphatic heterocycles. The third-order valence-electron chi connectivity index (χ3n) is 3.54. The number of hydrogen-bond acceptors (Lipinski definition) is 2. The molecule has 0 fully saturated rings. The first-order chi connectivity index (χ1) is 9.39. The molecule has 1 nitrogen and oxygen atoms in total. The first-order valence-electron chi connectivity index (χ1n) is 7.21. The average molecular weight is 394 g/mol. The molecule has 0 saturated carbocycles. The van der Waals surface area contributed by atoms with Gasteiger partial charge in [-0.05, 0) is 0 Å². The van der Waals surface area contributed by atoms with Crippen LogP contribution in [0, 0.1) is 5.41 Å². The van der Waals surface area contributed by atoms with Crippen molar-refractivity contribution in [3.05, 3.63) is 44.7 Å². The van der Waals surface area contributed by atoms with Crippen molar-refractivity contribution in [2.45, 2.75) is 45.5 Å². The van der Waals surface area contributed by atoms with Crippen molar-refractivity contribution in [2.24, 2.45) is 5.41 Å². The summed E-state index contributed by atoms with van der Waals surface area (Å²) in [5, 5.41) is 0. The second-order valence-corrected chi connectivity index (χ2v) is 8.45. The van der Waals surface area contributed by atoms with E-state index in [0.29, 0.717) is 0 Å². The minimum atomic E-state index is -0.243. The summed E-state index contributed by atoms with van der Waals surface area (Å²) in [5.74, 6) is 0. The van der Waals surface area contributed by atoms with Gasteiger partial charge in [-0.2, -0.15) is 0 Å². The fourth-order valence-corrected chi connectivity index (χ4v) is 4.82. The number of rotatable bonds is 4. The zero-order valence-corrected chi connectivity index (χ0v) is 17.5. The number of ether oxygens (including phenoxy) is 1. The molecule has 0 saturated heterocycles. The molecule has 0 spiro atoms. The molecule has 5 heteroatoms. The molecule has 0 aromatic rings. The average Bonchev–Trinajstić information content (AvgIpc) is 2.74. The van der Waals surface area contributed by atoms with E-state index in [0.717, 1.165) is 19.4 Å². The Morgan fingerprint density at radius 3 is 2.45 bits per heavy atom. The summed E-state index contributed by atoms with van der Waals surface area (Å²) in [5.41, 5.74) is 1.50. The Balaban J connectivity index is 0.00000220. The second-order valence-electron chi connectivity index (χ2n) is 6.20. The number of allylic oxidation sites excluding steroid dienone is 5. The van der Waals surface area contributed by atoms with Crippen LogP contribution in [-0.4, -0.2) is 11.5 Å². The number of hydrogen-bond donors (Lipinski definition) is 0. The molecule has 0 aromatic heterocycles. The Morgan fingerprint density at radius 1 is 1.27 bits per heavy atom. The summed E-state index contributed by atoms with van der Waals surface area (Å²) in [4.78, 5) is 1.14. The van der Waals surface area contributed by atoms with E-state index in [-0.39, 0.29) is 35.2 Å². The quantitative estimate of drug-likeness (QED) is 0.452. The molecule has 1 unspecified atom stereocenters. The van der Waals surface area contributed by atoms with E-state index >= 15 is 0 Å². The van der Waals surface area contributed by atoms with Crippen molar-refractivity contribution in [1.82, 2.24) is 0 Å². The van der Waals surface area contributed by atoms with Gasteiger partial charge < -0.3 is 24.8 Å². The normalized spacial score (nSPS) is 24.0. The van der Waals surface area contributed by atoms with Crippen molar-refractivity contribution in [2.75, 3.05) is 6.61 Å². The van der Waals surface area contributed by atoms with Gasteiger partial charge in [-0.25, -0.2) is 0 Å². The van der Waals surface area contributed by atoms with Crippen LogP contribution in [0.15, 0.2) is 44.7 Å². The molecule has 0 radical (unpaired) electrons. The van der Waals surface area contributed by atoms with Crippen LogP contribution in [0.5, 0.6) is 0 Å². The molecule has 1 atom stereocenters. The van der Waals surface area contributed by atoms with Gasteiger partial charge in [0.2, 0.25) is 0 Å². The van der Waals surface area contributed by atoms with Crippen molar-refractivity contribution in [1.29, 1.82) is 0 Å². The minimum absolute atomic E-state index is 0. The van der Waals surface area contributed by atoms with E-state index in [4.69, 9.17) is 4.74 Å². The molecule has 0 bridgehead atoms. The van der Waals surface area contributed by atoms with Crippen LogP contribution in [-0.2, 0) is 25.2 Å². The van der Waals surface area contributed by atoms with E-state index < -0.39 is 0 Å². The van der Waals surface area contributed by atoms with Gasteiger partial charge in [0.25, 0.3) is 0 Å². The summed E-state index contributed by atoms with van der Waals surface area (Å²) in [6.07, 6.45) is 13.2. The summed E-state index contributed by atoms with van der Waals surface area (Å²) in [7, 11) is 0. The van der Waals surface area contributed by atoms with E-state index in [2.05, 4.69) is 78.5 Å². The summed E-state index contributed by atoms with van der Waals surface area (Å²) >= 11 is 4.12. The van der Waals surface area contributed by atoms with Gasteiger partial charge in [0.05, 0.1) is 0 Å². The van der Waals surface area contributed by atoms with Crippen molar-refractivity contribution >= 4 is 11.8 Å². The minimum Gasteiger partial charge on any atom is -1.00 e. The van der Waals surface area contributed by atoms with Gasteiger partial charge in [0, 0.05) is 0 Å². The second kappa shape index (κ2) is 9.15. The van der Waals surface area contributed by atoms with Crippen molar-refractivity contribution in [3.63, 3.8) is 0 Å². The van der Waals surface area contributed by atoms with Crippen molar-refractivity contribution < 1.29 is 50.0 Å². The summed E-state index contributed by atoms with van der Waals surface area (Å²) in [6.45, 7) is 9.66. The van der Waals surface area contributed by atoms with Crippen LogP contribution in [0.3, 0.4) is 0 Å². The monoisotopic (exact) mass is 393 g/mol. The third-order valence-corrected chi connectivity index (χ3v) is 6.00. The largest absolute Gasteiger partial charge is 1.00 e. The Bertz CT molecular complexity index is 503. The van der Waals surface area contributed by atoms with E-state index in [1.165, 1.54) is 14.4 Å². The fraction of sp³-hybridized carbons (Fsp3) is 0.529. The molecule has 22 heavy (non-hydrogen) atoms. The van der Waals surface area contributed by atoms with E-state index in [1.807, 2.05) is 11.8 Å². The van der Waals surface area contributed by atoms with Gasteiger partial charge in [0.15, 0.2) is 0 Å². The zero-order valence-electron chi connectivity index (χ0n) is 13.6. The van der Waals surface area contributed by atoms with Gasteiger partial charge in [-0.3, -0.25) is 0 Å². The van der Waals surface area contributed by atoms with Gasteiger partial charge in [-0.15, -0.1) is 0 Å². The first-order valence-corrected chi connectivity index (χ1v) is 8.81. The molecule has 2 aliphatic carbocycles. The molecule has 2 aliphatic rings. The van der Waals surface area contributed by atoms with E-state index in [1.54, 1.807) is 0 Å². The summed E-state index contributed by atoms with van der Waals surface area (Å²) < 4.78 is 7.75. The predicted molar refractivity (Wildman–Crippen MR) is 84.0 cm³/mol. The van der Waals surface area contributed by atoms with Gasteiger partial charge in [-0.1, -0.05) is 0 Å². The van der Waals surface area contributed by atoms with Crippen LogP contribution in [0.25, 0.3) is 0 Å². The van der Waals surface area contributed by atoms with Gasteiger partial charge in [0.1, 0.15) is 0 Å². The standard InChI is InChI=1S/C17H23OS.2ClH.Ti/c1-5-18-17(19-14-10-6-7-11-14)13-9-8-12-15(17)16(2,3)4;;;/h6,8-10,12H,5,7,13H2,1-4H3;2*1H;/q;;;+2/p-2. The predicted octanol–water partition coefficient (Wildman–Crippen LogP) is -0.889. The number of halogens is 2. The molecular weight excluding hydrogens is 371 g/mol. The fourth-order valence-electron chi connectivity index (χ4n) is 2.70. The van der Waals surface area contributed by atoms with Crippen LogP contribution >= 0.6 is 11.8 Å². The number of thioether (sulfide) groups is 1. The molecule has 121 valence electrons. The Morgan fingerprint density at radius 2 is 1.95 bits per heavy atom. The molecule has 0 amide bonds. The maximum absolute atomic E-state index is 6.30. The smallest absolute Gasteiger partial charge is 1.00 e. The first kappa shape index (κ1) is 22.6. The zero-order chi connectivity index (χ0) is 14.8.